The van der Waals surface area contributed by atoms with Gasteiger partial charge in [-0.3, -0.25) is 4.79 Å². The summed E-state index contributed by atoms with van der Waals surface area (Å²) >= 11 is 0.783. The van der Waals surface area contributed by atoms with Crippen LogP contribution in [0.5, 0.6) is 0 Å². The second-order valence-corrected chi connectivity index (χ2v) is 9.52. The maximum absolute atomic E-state index is 13.7. The Bertz CT molecular complexity index is 1320. The number of esters is 2. The first kappa shape index (κ1) is 26.1. The number of aromatic nitrogens is 3. The third kappa shape index (κ3) is 5.14. The van der Waals surface area contributed by atoms with Crippen molar-refractivity contribution in [2.45, 2.75) is 46.2 Å². The van der Waals surface area contributed by atoms with Gasteiger partial charge >= 0.3 is 18.1 Å². The SMILES string of the molecule is CCOC(=O)c1sc(NC(=O)c2cc3nc(C(C)(C)C)cc(C(F)(F)F)n3n2)c(C(=O)OC)c1C. The molecule has 0 aromatic carbocycles. The van der Waals surface area contributed by atoms with Crippen molar-refractivity contribution in [1.82, 2.24) is 14.6 Å². The number of methoxy groups -OCH3 is 1. The van der Waals surface area contributed by atoms with E-state index in [1.54, 1.807) is 27.7 Å². The van der Waals surface area contributed by atoms with Gasteiger partial charge in [0.15, 0.2) is 11.3 Å². The second kappa shape index (κ2) is 9.29. The number of anilines is 1. The molecule has 1 amide bonds. The van der Waals surface area contributed by atoms with Crippen molar-refractivity contribution in [1.29, 1.82) is 0 Å². The summed E-state index contributed by atoms with van der Waals surface area (Å²) in [6, 6.07) is 2.01. The summed E-state index contributed by atoms with van der Waals surface area (Å²) in [5, 5.41) is 6.23. The minimum absolute atomic E-state index is 0.0288. The molecular weight excluding hydrogens is 489 g/mol. The van der Waals surface area contributed by atoms with E-state index in [9.17, 15) is 27.6 Å². The first-order valence-corrected chi connectivity index (χ1v) is 11.2. The summed E-state index contributed by atoms with van der Waals surface area (Å²) in [6.45, 7) is 8.34. The summed E-state index contributed by atoms with van der Waals surface area (Å²) in [6.07, 6.45) is -4.75. The fourth-order valence-corrected chi connectivity index (χ4v) is 4.26. The zero-order valence-electron chi connectivity index (χ0n) is 19.8. The Morgan fingerprint density at radius 2 is 1.80 bits per heavy atom. The molecule has 35 heavy (non-hydrogen) atoms. The highest BCUT2D eigenvalue weighted by molar-refractivity contribution is 7.18. The Kier molecular flexibility index (Phi) is 6.93. The number of nitrogens with zero attached hydrogens (tertiary/aromatic N) is 3. The van der Waals surface area contributed by atoms with Gasteiger partial charge in [-0.25, -0.2) is 19.1 Å². The molecule has 0 aliphatic rings. The molecule has 0 bridgehead atoms. The third-order valence-corrected chi connectivity index (χ3v) is 6.13. The molecule has 3 heterocycles. The number of fused-ring (bicyclic) bond motifs is 1. The molecule has 0 atom stereocenters. The molecule has 3 rings (SSSR count). The van der Waals surface area contributed by atoms with Crippen molar-refractivity contribution < 1.29 is 37.0 Å². The number of hydrogen-bond donors (Lipinski definition) is 1. The molecule has 188 valence electrons. The summed E-state index contributed by atoms with van der Waals surface area (Å²) < 4.78 is 51.5. The van der Waals surface area contributed by atoms with Crippen LogP contribution < -0.4 is 5.32 Å². The van der Waals surface area contributed by atoms with E-state index in [0.717, 1.165) is 30.6 Å². The maximum Gasteiger partial charge on any atom is 0.433 e. The standard InChI is InChI=1S/C22H23F3N4O5S/c1-7-34-20(32)16-10(2)15(19(31)33-6)18(35-16)27-17(30)11-8-14-26-12(21(3,4)5)9-13(22(23,24)25)29(14)28-11/h8-9H,7H2,1-6H3,(H,27,30). The molecule has 0 aliphatic carbocycles. The predicted molar refractivity (Wildman–Crippen MR) is 121 cm³/mol. The third-order valence-electron chi connectivity index (χ3n) is 4.94. The van der Waals surface area contributed by atoms with Crippen molar-refractivity contribution in [2.24, 2.45) is 0 Å². The van der Waals surface area contributed by atoms with Gasteiger partial charge in [-0.05, 0) is 25.5 Å². The lowest BCUT2D eigenvalue weighted by Crippen LogP contribution is -2.20. The van der Waals surface area contributed by atoms with Crippen molar-refractivity contribution in [3.8, 4) is 0 Å². The van der Waals surface area contributed by atoms with Crippen LogP contribution in [0.4, 0.5) is 18.2 Å². The number of rotatable bonds is 5. The van der Waals surface area contributed by atoms with Gasteiger partial charge in [0.1, 0.15) is 15.6 Å². The molecular formula is C22H23F3N4O5S. The van der Waals surface area contributed by atoms with Gasteiger partial charge in [-0.2, -0.15) is 18.3 Å². The molecule has 3 aromatic rings. The van der Waals surface area contributed by atoms with Crippen molar-refractivity contribution in [3.63, 3.8) is 0 Å². The van der Waals surface area contributed by atoms with Crippen molar-refractivity contribution in [3.05, 3.63) is 45.2 Å². The smallest absolute Gasteiger partial charge is 0.433 e. The fraction of sp³-hybridized carbons (Fsp3) is 0.409. The minimum atomic E-state index is -4.75. The van der Waals surface area contributed by atoms with Crippen LogP contribution in [0.1, 0.15) is 75.2 Å². The number of carbonyl (C=O) groups excluding carboxylic acids is 3. The van der Waals surface area contributed by atoms with E-state index in [4.69, 9.17) is 9.47 Å². The van der Waals surface area contributed by atoms with E-state index in [1.807, 2.05) is 0 Å². The lowest BCUT2D eigenvalue weighted by Gasteiger charge is -2.19. The van der Waals surface area contributed by atoms with Crippen LogP contribution in [-0.2, 0) is 21.1 Å². The molecule has 0 saturated heterocycles. The first-order valence-electron chi connectivity index (χ1n) is 10.4. The number of hydrogen-bond acceptors (Lipinski definition) is 8. The Morgan fingerprint density at radius 1 is 1.14 bits per heavy atom. The molecule has 3 aromatic heterocycles. The molecule has 1 N–H and O–H groups in total. The Balaban J connectivity index is 2.08. The van der Waals surface area contributed by atoms with Gasteiger partial charge in [0.05, 0.1) is 25.0 Å². The summed E-state index contributed by atoms with van der Waals surface area (Å²) in [5.74, 6) is -2.40. The lowest BCUT2D eigenvalue weighted by molar-refractivity contribution is -0.142. The molecule has 0 saturated carbocycles. The van der Waals surface area contributed by atoms with E-state index in [-0.39, 0.29) is 44.6 Å². The van der Waals surface area contributed by atoms with Gasteiger partial charge in [0, 0.05) is 11.5 Å². The van der Waals surface area contributed by atoms with Gasteiger partial charge in [-0.1, -0.05) is 20.8 Å². The number of nitrogens with one attached hydrogen (secondary N) is 1. The Labute approximate surface area is 202 Å². The van der Waals surface area contributed by atoms with Crippen LogP contribution in [0.2, 0.25) is 0 Å². The Morgan fingerprint density at radius 3 is 2.34 bits per heavy atom. The number of carbonyl (C=O) groups is 3. The molecule has 0 spiro atoms. The number of thiophene rings is 1. The first-order chi connectivity index (χ1) is 16.2. The topological polar surface area (TPSA) is 112 Å². The highest BCUT2D eigenvalue weighted by atomic mass is 32.1. The number of amides is 1. The quantitative estimate of drug-likeness (QED) is 0.496. The van der Waals surface area contributed by atoms with Gasteiger partial charge < -0.3 is 14.8 Å². The number of ether oxygens (including phenoxy) is 2. The van der Waals surface area contributed by atoms with Crippen LogP contribution in [-0.4, -0.2) is 46.2 Å². The highest BCUT2D eigenvalue weighted by Gasteiger charge is 2.37. The Hall–Kier alpha value is -3.48. The van der Waals surface area contributed by atoms with E-state index in [1.165, 1.54) is 6.92 Å². The van der Waals surface area contributed by atoms with E-state index in [2.05, 4.69) is 15.4 Å². The van der Waals surface area contributed by atoms with Gasteiger partial charge in [0.2, 0.25) is 0 Å². The molecule has 9 nitrogen and oxygen atoms in total. The highest BCUT2D eigenvalue weighted by Crippen LogP contribution is 2.35. The average molecular weight is 513 g/mol. The number of halogens is 3. The average Bonchev–Trinajstić information content (AvgIpc) is 3.32. The zero-order chi connectivity index (χ0) is 26.3. The molecule has 0 radical (unpaired) electrons. The van der Waals surface area contributed by atoms with Gasteiger partial charge in [-0.15, -0.1) is 11.3 Å². The summed E-state index contributed by atoms with van der Waals surface area (Å²) in [5.41, 5.74) is -1.97. The summed E-state index contributed by atoms with van der Waals surface area (Å²) in [4.78, 5) is 41.8. The monoisotopic (exact) mass is 512 g/mol. The predicted octanol–water partition coefficient (Wildman–Crippen LogP) is 4.63. The van der Waals surface area contributed by atoms with Crippen molar-refractivity contribution in [2.75, 3.05) is 19.0 Å². The normalized spacial score (nSPS) is 12.0. The zero-order valence-corrected chi connectivity index (χ0v) is 20.6. The lowest BCUT2D eigenvalue weighted by atomic mass is 9.91. The number of alkyl halides is 3. The van der Waals surface area contributed by atoms with Crippen LogP contribution >= 0.6 is 11.3 Å². The van der Waals surface area contributed by atoms with Crippen LogP contribution in [0.25, 0.3) is 5.65 Å². The summed E-state index contributed by atoms with van der Waals surface area (Å²) in [7, 11) is 1.13. The molecule has 0 aliphatic heterocycles. The van der Waals surface area contributed by atoms with Crippen LogP contribution in [0.3, 0.4) is 0 Å². The van der Waals surface area contributed by atoms with Gasteiger partial charge in [0.25, 0.3) is 5.91 Å². The second-order valence-electron chi connectivity index (χ2n) is 8.50. The maximum atomic E-state index is 13.7. The van der Waals surface area contributed by atoms with Crippen LogP contribution in [0.15, 0.2) is 12.1 Å². The molecule has 0 unspecified atom stereocenters. The van der Waals surface area contributed by atoms with Crippen molar-refractivity contribution >= 4 is 39.8 Å². The van der Waals surface area contributed by atoms with E-state index < -0.39 is 35.1 Å². The van der Waals surface area contributed by atoms with Crippen LogP contribution in [0, 0.1) is 6.92 Å². The minimum Gasteiger partial charge on any atom is -0.465 e. The largest absolute Gasteiger partial charge is 0.465 e. The fourth-order valence-electron chi connectivity index (χ4n) is 3.18. The molecule has 0 fully saturated rings. The van der Waals surface area contributed by atoms with E-state index in [0.29, 0.717) is 4.52 Å². The molecule has 13 heteroatoms. The van der Waals surface area contributed by atoms with E-state index >= 15 is 0 Å².